The summed E-state index contributed by atoms with van der Waals surface area (Å²) < 4.78 is 13.4. The highest BCUT2D eigenvalue weighted by atomic mass is 32.2. The molecule has 1 heterocycles. The molecule has 2 unspecified atom stereocenters. The van der Waals surface area contributed by atoms with E-state index in [4.69, 9.17) is 9.47 Å². The third-order valence-electron chi connectivity index (χ3n) is 5.02. The third-order valence-corrected chi connectivity index (χ3v) is 5.99. The van der Waals surface area contributed by atoms with E-state index in [9.17, 15) is 4.79 Å². The number of aromatic nitrogens is 3. The van der Waals surface area contributed by atoms with Crippen LogP contribution in [0.3, 0.4) is 0 Å². The molecule has 0 aliphatic heterocycles. The van der Waals surface area contributed by atoms with Gasteiger partial charge in [0.25, 0.3) is 0 Å². The van der Waals surface area contributed by atoms with Crippen molar-refractivity contribution >= 4 is 17.7 Å². The minimum absolute atomic E-state index is 0.0438. The number of hydrogen-bond donors (Lipinski definition) is 1. The maximum atomic E-state index is 12.5. The zero-order valence-electron chi connectivity index (χ0n) is 19.8. The van der Waals surface area contributed by atoms with Gasteiger partial charge in [-0.25, -0.2) is 0 Å². The van der Waals surface area contributed by atoms with E-state index in [1.165, 1.54) is 11.8 Å². The lowest BCUT2D eigenvalue weighted by atomic mass is 10.1. The van der Waals surface area contributed by atoms with Gasteiger partial charge in [0, 0.05) is 12.6 Å². The van der Waals surface area contributed by atoms with Crippen LogP contribution < -0.4 is 14.8 Å². The second kappa shape index (κ2) is 11.7. The zero-order chi connectivity index (χ0) is 23.8. The lowest BCUT2D eigenvalue weighted by Crippen LogP contribution is -2.28. The van der Waals surface area contributed by atoms with Gasteiger partial charge in [-0.3, -0.25) is 4.79 Å². The number of hydrogen-bond acceptors (Lipinski definition) is 6. The Morgan fingerprint density at radius 2 is 1.76 bits per heavy atom. The first-order chi connectivity index (χ1) is 15.9. The van der Waals surface area contributed by atoms with Crippen LogP contribution in [0.25, 0.3) is 0 Å². The summed E-state index contributed by atoms with van der Waals surface area (Å²) in [5, 5.41) is 12.5. The molecule has 0 fully saturated rings. The molecule has 33 heavy (non-hydrogen) atoms. The molecule has 7 nitrogen and oxygen atoms in total. The summed E-state index contributed by atoms with van der Waals surface area (Å²) in [5.41, 5.74) is 1.07. The number of rotatable bonds is 11. The van der Waals surface area contributed by atoms with Crippen molar-refractivity contribution < 1.29 is 14.3 Å². The fourth-order valence-corrected chi connectivity index (χ4v) is 4.18. The molecular formula is C25H32N4O3S. The predicted molar refractivity (Wildman–Crippen MR) is 131 cm³/mol. The van der Waals surface area contributed by atoms with Crippen LogP contribution in [0.5, 0.6) is 11.5 Å². The van der Waals surface area contributed by atoms with Crippen molar-refractivity contribution in [3.8, 4) is 11.5 Å². The summed E-state index contributed by atoms with van der Waals surface area (Å²) in [4.78, 5) is 12.5. The van der Waals surface area contributed by atoms with Gasteiger partial charge in [-0.2, -0.15) is 0 Å². The smallest absolute Gasteiger partial charge is 0.230 e. The maximum absolute atomic E-state index is 12.5. The number of methoxy groups -OCH3 is 1. The number of amides is 1. The third kappa shape index (κ3) is 6.99. The number of carbonyl (C=O) groups excluding carboxylic acids is 1. The van der Waals surface area contributed by atoms with Gasteiger partial charge in [-0.1, -0.05) is 62.0 Å². The SMILES string of the molecule is COc1cccc(OC(C)c2nnc(SCC(=O)NC(C)c3ccccc3)n2CC(C)C)c1. The lowest BCUT2D eigenvalue weighted by molar-refractivity contribution is -0.119. The van der Waals surface area contributed by atoms with Crippen molar-refractivity contribution in [3.05, 3.63) is 66.0 Å². The van der Waals surface area contributed by atoms with Crippen LogP contribution in [-0.2, 0) is 11.3 Å². The standard InChI is InChI=1S/C25H32N4O3S/c1-17(2)15-29-24(19(4)32-22-13-9-12-21(14-22)31-5)27-28-25(29)33-16-23(30)26-18(3)20-10-7-6-8-11-20/h6-14,17-19H,15-16H2,1-5H3,(H,26,30). The molecule has 176 valence electrons. The summed E-state index contributed by atoms with van der Waals surface area (Å²) in [7, 11) is 1.63. The second-order valence-corrected chi connectivity index (χ2v) is 9.22. The molecule has 0 aliphatic carbocycles. The van der Waals surface area contributed by atoms with E-state index < -0.39 is 0 Å². The topological polar surface area (TPSA) is 78.3 Å². The van der Waals surface area contributed by atoms with Crippen LogP contribution in [0, 0.1) is 5.92 Å². The molecule has 0 saturated carbocycles. The minimum Gasteiger partial charge on any atom is -0.497 e. The summed E-state index contributed by atoms with van der Waals surface area (Å²) in [6, 6.07) is 17.3. The van der Waals surface area contributed by atoms with E-state index in [2.05, 4.69) is 29.4 Å². The highest BCUT2D eigenvalue weighted by molar-refractivity contribution is 7.99. The Hall–Kier alpha value is -3.00. The molecule has 0 saturated heterocycles. The number of nitrogens with one attached hydrogen (secondary N) is 1. The first kappa shape index (κ1) is 24.6. The van der Waals surface area contributed by atoms with Crippen molar-refractivity contribution in [1.29, 1.82) is 0 Å². The fraction of sp³-hybridized carbons (Fsp3) is 0.400. The molecule has 1 N–H and O–H groups in total. The zero-order valence-corrected chi connectivity index (χ0v) is 20.6. The number of benzene rings is 2. The molecule has 8 heteroatoms. The van der Waals surface area contributed by atoms with Crippen LogP contribution in [0.2, 0.25) is 0 Å². The average molecular weight is 469 g/mol. The Bertz CT molecular complexity index is 1040. The highest BCUT2D eigenvalue weighted by Gasteiger charge is 2.21. The van der Waals surface area contributed by atoms with Crippen molar-refractivity contribution in [1.82, 2.24) is 20.1 Å². The van der Waals surface area contributed by atoms with E-state index in [0.717, 1.165) is 23.7 Å². The molecule has 0 spiro atoms. The Morgan fingerprint density at radius 1 is 1.03 bits per heavy atom. The molecule has 2 aromatic carbocycles. The summed E-state index contributed by atoms with van der Waals surface area (Å²) in [6.45, 7) is 8.94. The number of ether oxygens (including phenoxy) is 2. The number of carbonyl (C=O) groups is 1. The van der Waals surface area contributed by atoms with Crippen molar-refractivity contribution in [3.63, 3.8) is 0 Å². The quantitative estimate of drug-likeness (QED) is 0.397. The minimum atomic E-state index is -0.315. The predicted octanol–water partition coefficient (Wildman–Crippen LogP) is 5.05. The lowest BCUT2D eigenvalue weighted by Gasteiger charge is -2.18. The second-order valence-electron chi connectivity index (χ2n) is 8.27. The summed E-state index contributed by atoms with van der Waals surface area (Å²) >= 11 is 1.39. The Balaban J connectivity index is 1.67. The molecule has 1 amide bonds. The monoisotopic (exact) mass is 468 g/mol. The Morgan fingerprint density at radius 3 is 2.45 bits per heavy atom. The molecule has 1 aromatic heterocycles. The van der Waals surface area contributed by atoms with E-state index in [0.29, 0.717) is 16.8 Å². The first-order valence-electron chi connectivity index (χ1n) is 11.1. The fourth-order valence-electron chi connectivity index (χ4n) is 3.41. The largest absolute Gasteiger partial charge is 0.497 e. The van der Waals surface area contributed by atoms with Gasteiger partial charge in [0.1, 0.15) is 11.5 Å². The molecule has 0 radical (unpaired) electrons. The van der Waals surface area contributed by atoms with E-state index in [1.807, 2.05) is 73.0 Å². The van der Waals surface area contributed by atoms with Crippen molar-refractivity contribution in [2.75, 3.05) is 12.9 Å². The molecule has 2 atom stereocenters. The van der Waals surface area contributed by atoms with Gasteiger partial charge in [-0.15, -0.1) is 10.2 Å². The normalized spacial score (nSPS) is 12.9. The van der Waals surface area contributed by atoms with Crippen LogP contribution in [0.4, 0.5) is 0 Å². The number of nitrogens with zero attached hydrogens (tertiary/aromatic N) is 3. The van der Waals surface area contributed by atoms with Gasteiger partial charge in [0.2, 0.25) is 5.91 Å². The van der Waals surface area contributed by atoms with Crippen LogP contribution in [0.1, 0.15) is 51.2 Å². The summed E-state index contributed by atoms with van der Waals surface area (Å²) in [5.74, 6) is 2.76. The van der Waals surface area contributed by atoms with E-state index in [1.54, 1.807) is 7.11 Å². The van der Waals surface area contributed by atoms with E-state index in [-0.39, 0.29) is 23.8 Å². The van der Waals surface area contributed by atoms with Gasteiger partial charge < -0.3 is 19.4 Å². The van der Waals surface area contributed by atoms with Gasteiger partial charge in [0.15, 0.2) is 17.1 Å². The van der Waals surface area contributed by atoms with Gasteiger partial charge >= 0.3 is 0 Å². The Kier molecular flexibility index (Phi) is 8.77. The van der Waals surface area contributed by atoms with E-state index >= 15 is 0 Å². The number of thioether (sulfide) groups is 1. The average Bonchev–Trinajstić information content (AvgIpc) is 3.20. The van der Waals surface area contributed by atoms with Crippen LogP contribution in [-0.4, -0.2) is 33.5 Å². The van der Waals surface area contributed by atoms with Gasteiger partial charge in [0.05, 0.1) is 18.9 Å². The highest BCUT2D eigenvalue weighted by Crippen LogP contribution is 2.27. The van der Waals surface area contributed by atoms with Crippen molar-refractivity contribution in [2.24, 2.45) is 5.92 Å². The van der Waals surface area contributed by atoms with Gasteiger partial charge in [-0.05, 0) is 37.5 Å². The van der Waals surface area contributed by atoms with Crippen molar-refractivity contribution in [2.45, 2.75) is 51.5 Å². The van der Waals surface area contributed by atoms with Crippen LogP contribution in [0.15, 0.2) is 59.8 Å². The maximum Gasteiger partial charge on any atom is 0.230 e. The Labute approximate surface area is 199 Å². The molecule has 0 aliphatic rings. The molecular weight excluding hydrogens is 436 g/mol. The molecule has 0 bridgehead atoms. The summed E-state index contributed by atoms with van der Waals surface area (Å²) in [6.07, 6.45) is -0.315. The molecule has 3 rings (SSSR count). The first-order valence-corrected chi connectivity index (χ1v) is 12.1. The van der Waals surface area contributed by atoms with Crippen LogP contribution >= 0.6 is 11.8 Å². The molecule has 3 aromatic rings.